The molecule has 0 fully saturated rings. The number of nitrogens with zero attached hydrogens (tertiary/aromatic N) is 1. The maximum Gasteiger partial charge on any atom is 0.338 e. The molecule has 0 atom stereocenters. The minimum Gasteiger partial charge on any atom is -0.462 e. The molecule has 1 aliphatic rings. The Bertz CT molecular complexity index is 837. The van der Waals surface area contributed by atoms with Crippen LogP contribution in [0.15, 0.2) is 42.5 Å². The number of carbonyl (C=O) groups is 3. The summed E-state index contributed by atoms with van der Waals surface area (Å²) in [6, 6.07) is 12.5. The summed E-state index contributed by atoms with van der Waals surface area (Å²) in [5.41, 5.74) is 3.38. The van der Waals surface area contributed by atoms with Gasteiger partial charge in [-0.1, -0.05) is 29.8 Å². The van der Waals surface area contributed by atoms with Gasteiger partial charge in [0.1, 0.15) is 0 Å². The topological polar surface area (TPSA) is 63.7 Å². The summed E-state index contributed by atoms with van der Waals surface area (Å²) >= 11 is 0. The second-order valence-electron chi connectivity index (χ2n) is 6.47. The number of esters is 1. The largest absolute Gasteiger partial charge is 0.462 e. The van der Waals surface area contributed by atoms with Crippen LogP contribution in [0.3, 0.4) is 0 Å². The van der Waals surface area contributed by atoms with E-state index in [1.54, 1.807) is 24.3 Å². The first-order valence-electron chi connectivity index (χ1n) is 8.68. The quantitative estimate of drug-likeness (QED) is 0.454. The van der Waals surface area contributed by atoms with Gasteiger partial charge in [0.05, 0.1) is 23.3 Å². The van der Waals surface area contributed by atoms with E-state index >= 15 is 0 Å². The number of ether oxygens (including phenoxy) is 1. The smallest absolute Gasteiger partial charge is 0.338 e. The lowest BCUT2D eigenvalue weighted by Crippen LogP contribution is -2.30. The molecule has 0 N–H and O–H groups in total. The number of aryl methyl sites for hydroxylation is 2. The molecule has 26 heavy (non-hydrogen) atoms. The molecule has 0 unspecified atom stereocenters. The van der Waals surface area contributed by atoms with Crippen LogP contribution >= 0.6 is 0 Å². The summed E-state index contributed by atoms with van der Waals surface area (Å²) in [6.07, 6.45) is 1.18. The van der Waals surface area contributed by atoms with Crippen LogP contribution in [0, 0.1) is 13.8 Å². The molecule has 0 radical (unpaired) electrons. The number of hydrogen-bond donors (Lipinski definition) is 0. The fourth-order valence-corrected chi connectivity index (χ4v) is 3.01. The van der Waals surface area contributed by atoms with Crippen molar-refractivity contribution in [3.05, 3.63) is 70.3 Å². The van der Waals surface area contributed by atoms with Crippen molar-refractivity contribution in [2.45, 2.75) is 26.7 Å². The van der Waals surface area contributed by atoms with E-state index in [4.69, 9.17) is 4.74 Å². The molecule has 134 valence electrons. The minimum absolute atomic E-state index is 0.252. The predicted octanol–water partition coefficient (Wildman–Crippen LogP) is 3.54. The molecule has 0 saturated carbocycles. The highest BCUT2D eigenvalue weighted by Gasteiger charge is 2.34. The van der Waals surface area contributed by atoms with Gasteiger partial charge in [-0.3, -0.25) is 14.5 Å². The van der Waals surface area contributed by atoms with Crippen molar-refractivity contribution in [3.8, 4) is 0 Å². The number of imide groups is 1. The van der Waals surface area contributed by atoms with Gasteiger partial charge in [0.25, 0.3) is 11.8 Å². The molecule has 0 aromatic heterocycles. The van der Waals surface area contributed by atoms with Crippen LogP contribution in [0.2, 0.25) is 0 Å². The highest BCUT2D eigenvalue weighted by Crippen LogP contribution is 2.22. The fraction of sp³-hybridized carbons (Fsp3) is 0.286. The van der Waals surface area contributed by atoms with Crippen molar-refractivity contribution in [3.63, 3.8) is 0 Å². The average Bonchev–Trinajstić information content (AvgIpc) is 2.88. The maximum absolute atomic E-state index is 12.3. The summed E-state index contributed by atoms with van der Waals surface area (Å²) in [7, 11) is 0. The summed E-state index contributed by atoms with van der Waals surface area (Å²) < 4.78 is 5.32. The van der Waals surface area contributed by atoms with Gasteiger partial charge in [-0.2, -0.15) is 0 Å². The van der Waals surface area contributed by atoms with E-state index < -0.39 is 0 Å². The van der Waals surface area contributed by atoms with E-state index in [9.17, 15) is 14.4 Å². The SMILES string of the molecule is Cc1ccc(C)c(C(=O)OCCCCN2C(=O)c3ccccc3C2=O)c1. The van der Waals surface area contributed by atoms with Gasteiger partial charge in [0.2, 0.25) is 0 Å². The zero-order valence-electron chi connectivity index (χ0n) is 15.0. The third-order valence-electron chi connectivity index (χ3n) is 4.50. The van der Waals surface area contributed by atoms with Crippen molar-refractivity contribution in [1.82, 2.24) is 4.90 Å². The van der Waals surface area contributed by atoms with Crippen LogP contribution in [0.1, 0.15) is 55.0 Å². The Balaban J connectivity index is 1.47. The van der Waals surface area contributed by atoms with Crippen molar-refractivity contribution in [2.24, 2.45) is 0 Å². The zero-order chi connectivity index (χ0) is 18.7. The molecule has 5 nitrogen and oxygen atoms in total. The lowest BCUT2D eigenvalue weighted by molar-refractivity contribution is 0.0484. The van der Waals surface area contributed by atoms with Crippen LogP contribution in [0.25, 0.3) is 0 Å². The van der Waals surface area contributed by atoms with Crippen molar-refractivity contribution in [1.29, 1.82) is 0 Å². The van der Waals surface area contributed by atoms with Gasteiger partial charge in [-0.05, 0) is 50.5 Å². The van der Waals surface area contributed by atoms with Gasteiger partial charge < -0.3 is 4.74 Å². The lowest BCUT2D eigenvalue weighted by atomic mass is 10.1. The molecule has 2 aromatic rings. The summed E-state index contributed by atoms with van der Waals surface area (Å²) in [5, 5.41) is 0. The summed E-state index contributed by atoms with van der Waals surface area (Å²) in [5.74, 6) is -0.845. The first kappa shape index (κ1) is 17.9. The van der Waals surface area contributed by atoms with Crippen molar-refractivity contribution in [2.75, 3.05) is 13.2 Å². The Hall–Kier alpha value is -2.95. The first-order valence-corrected chi connectivity index (χ1v) is 8.68. The minimum atomic E-state index is -0.341. The van der Waals surface area contributed by atoms with Crippen LogP contribution in [0.5, 0.6) is 0 Å². The van der Waals surface area contributed by atoms with Crippen LogP contribution in [-0.2, 0) is 4.74 Å². The van der Waals surface area contributed by atoms with Crippen LogP contribution in [0.4, 0.5) is 0 Å². The monoisotopic (exact) mass is 351 g/mol. The van der Waals surface area contributed by atoms with E-state index in [0.717, 1.165) is 11.1 Å². The highest BCUT2D eigenvalue weighted by molar-refractivity contribution is 6.21. The molecule has 0 aliphatic carbocycles. The molecule has 0 spiro atoms. The summed E-state index contributed by atoms with van der Waals surface area (Å²) in [4.78, 5) is 37.9. The second kappa shape index (κ2) is 7.52. The van der Waals surface area contributed by atoms with E-state index in [1.165, 1.54) is 4.90 Å². The second-order valence-corrected chi connectivity index (χ2v) is 6.47. The van der Waals surface area contributed by atoms with Crippen LogP contribution in [-0.4, -0.2) is 35.8 Å². The number of amides is 2. The van der Waals surface area contributed by atoms with Crippen molar-refractivity contribution >= 4 is 17.8 Å². The lowest BCUT2D eigenvalue weighted by Gasteiger charge is -2.13. The molecular formula is C21H21NO4. The third kappa shape index (κ3) is 3.52. The Kier molecular flexibility index (Phi) is 5.16. The Morgan fingerprint density at radius 3 is 2.27 bits per heavy atom. The number of fused-ring (bicyclic) bond motifs is 1. The number of rotatable bonds is 6. The molecule has 1 heterocycles. The van der Waals surface area contributed by atoms with E-state index in [-0.39, 0.29) is 24.4 Å². The Morgan fingerprint density at radius 1 is 0.962 bits per heavy atom. The van der Waals surface area contributed by atoms with E-state index in [0.29, 0.717) is 36.1 Å². The molecule has 1 aliphatic heterocycles. The number of benzene rings is 2. The standard InChI is InChI=1S/C21H21NO4/c1-14-9-10-15(2)18(13-14)21(25)26-12-6-5-11-22-19(23)16-7-3-4-8-17(16)20(22)24/h3-4,7-10,13H,5-6,11-12H2,1-2H3. The summed E-state index contributed by atoms with van der Waals surface area (Å²) in [6.45, 7) is 4.39. The molecular weight excluding hydrogens is 330 g/mol. The van der Waals surface area contributed by atoms with E-state index in [2.05, 4.69) is 0 Å². The molecule has 2 amide bonds. The fourth-order valence-electron chi connectivity index (χ4n) is 3.01. The molecule has 3 rings (SSSR count). The molecule has 0 saturated heterocycles. The zero-order valence-corrected chi connectivity index (χ0v) is 15.0. The Labute approximate surface area is 152 Å². The maximum atomic E-state index is 12.3. The predicted molar refractivity (Wildman–Crippen MR) is 97.2 cm³/mol. The average molecular weight is 351 g/mol. The normalized spacial score (nSPS) is 13.1. The highest BCUT2D eigenvalue weighted by atomic mass is 16.5. The number of hydrogen-bond acceptors (Lipinski definition) is 4. The Morgan fingerprint density at radius 2 is 1.62 bits per heavy atom. The van der Waals surface area contributed by atoms with Gasteiger partial charge in [0.15, 0.2) is 0 Å². The van der Waals surface area contributed by atoms with Crippen LogP contribution < -0.4 is 0 Å². The first-order chi connectivity index (χ1) is 12.5. The van der Waals surface area contributed by atoms with Gasteiger partial charge in [-0.25, -0.2) is 4.79 Å². The van der Waals surface area contributed by atoms with Gasteiger partial charge >= 0.3 is 5.97 Å². The van der Waals surface area contributed by atoms with Crippen molar-refractivity contribution < 1.29 is 19.1 Å². The number of carbonyl (C=O) groups excluding carboxylic acids is 3. The molecule has 2 aromatic carbocycles. The van der Waals surface area contributed by atoms with Gasteiger partial charge in [-0.15, -0.1) is 0 Å². The third-order valence-corrected chi connectivity index (χ3v) is 4.50. The molecule has 5 heteroatoms. The van der Waals surface area contributed by atoms with Gasteiger partial charge in [0, 0.05) is 6.54 Å². The van der Waals surface area contributed by atoms with E-state index in [1.807, 2.05) is 32.0 Å². The molecule has 0 bridgehead atoms. The number of unbranched alkanes of at least 4 members (excludes halogenated alkanes) is 1.